The highest BCUT2D eigenvalue weighted by Gasteiger charge is 2.38. The molecule has 0 saturated carbocycles. The van der Waals surface area contributed by atoms with Gasteiger partial charge in [-0.3, -0.25) is 0 Å². The van der Waals surface area contributed by atoms with Crippen molar-refractivity contribution in [2.45, 2.75) is 19.0 Å². The van der Waals surface area contributed by atoms with Crippen molar-refractivity contribution in [3.8, 4) is 0 Å². The molecule has 0 bridgehead atoms. The third-order valence-corrected chi connectivity index (χ3v) is 1.92. The third kappa shape index (κ3) is 1.62. The lowest BCUT2D eigenvalue weighted by molar-refractivity contribution is -0.147. The number of aromatic nitrogens is 1. The van der Waals surface area contributed by atoms with E-state index in [1.54, 1.807) is 19.3 Å². The zero-order valence-corrected chi connectivity index (χ0v) is 6.89. The molecule has 1 aromatic heterocycles. The molecule has 0 amide bonds. The topological polar surface area (TPSA) is 4.93 Å². The van der Waals surface area contributed by atoms with Gasteiger partial charge in [-0.15, -0.1) is 0 Å². The Hall–Kier alpha value is -0.930. The Labute approximate surface area is 68.8 Å². The van der Waals surface area contributed by atoms with Crippen LogP contribution in [0.15, 0.2) is 18.3 Å². The van der Waals surface area contributed by atoms with E-state index in [0.29, 0.717) is 5.69 Å². The van der Waals surface area contributed by atoms with Crippen molar-refractivity contribution in [1.82, 2.24) is 4.57 Å². The summed E-state index contributed by atoms with van der Waals surface area (Å²) in [4.78, 5) is 0. The Kier molecular flexibility index (Phi) is 2.17. The first-order valence-electron chi connectivity index (χ1n) is 3.61. The van der Waals surface area contributed by atoms with E-state index in [0.717, 1.165) is 6.92 Å². The summed E-state index contributed by atoms with van der Waals surface area (Å²) in [5.74, 6) is -1.39. The van der Waals surface area contributed by atoms with E-state index in [4.69, 9.17) is 0 Å². The van der Waals surface area contributed by atoms with Crippen LogP contribution in [-0.2, 0) is 7.05 Å². The van der Waals surface area contributed by atoms with E-state index in [1.807, 2.05) is 0 Å². The van der Waals surface area contributed by atoms with Crippen molar-refractivity contribution < 1.29 is 13.2 Å². The molecular weight excluding hydrogens is 167 g/mol. The highest BCUT2D eigenvalue weighted by molar-refractivity contribution is 5.13. The summed E-state index contributed by atoms with van der Waals surface area (Å²) in [6, 6.07) is 3.09. The van der Waals surface area contributed by atoms with E-state index in [9.17, 15) is 13.2 Å². The van der Waals surface area contributed by atoms with Gasteiger partial charge < -0.3 is 4.57 Å². The van der Waals surface area contributed by atoms with Gasteiger partial charge in [0.15, 0.2) is 0 Å². The summed E-state index contributed by atoms with van der Waals surface area (Å²) in [7, 11) is 1.61. The fraction of sp³-hybridized carbons (Fsp3) is 0.500. The molecule has 0 aliphatic rings. The second kappa shape index (κ2) is 2.84. The van der Waals surface area contributed by atoms with Gasteiger partial charge in [0.1, 0.15) is 0 Å². The van der Waals surface area contributed by atoms with Crippen LogP contribution in [0.4, 0.5) is 13.2 Å². The lowest BCUT2D eigenvalue weighted by Gasteiger charge is -2.16. The number of hydrogen-bond acceptors (Lipinski definition) is 0. The Balaban J connectivity index is 2.92. The van der Waals surface area contributed by atoms with Gasteiger partial charge in [-0.25, -0.2) is 0 Å². The molecule has 0 aliphatic heterocycles. The molecule has 68 valence electrons. The third-order valence-electron chi connectivity index (χ3n) is 1.92. The van der Waals surface area contributed by atoms with Gasteiger partial charge in [0.2, 0.25) is 0 Å². The summed E-state index contributed by atoms with van der Waals surface area (Å²) >= 11 is 0. The molecule has 4 heteroatoms. The Morgan fingerprint density at radius 1 is 1.42 bits per heavy atom. The van der Waals surface area contributed by atoms with Crippen molar-refractivity contribution in [3.05, 3.63) is 24.0 Å². The Bertz CT molecular complexity index is 262. The number of rotatable bonds is 1. The van der Waals surface area contributed by atoms with E-state index in [-0.39, 0.29) is 0 Å². The maximum absolute atomic E-state index is 12.2. The quantitative estimate of drug-likeness (QED) is 0.621. The molecule has 0 spiro atoms. The van der Waals surface area contributed by atoms with Gasteiger partial charge in [0.25, 0.3) is 0 Å². The van der Waals surface area contributed by atoms with Crippen LogP contribution in [-0.4, -0.2) is 10.7 Å². The SMILES string of the molecule is CC(c1cccn1C)C(F)(F)F. The predicted molar refractivity (Wildman–Crippen MR) is 39.9 cm³/mol. The fourth-order valence-corrected chi connectivity index (χ4v) is 1.09. The van der Waals surface area contributed by atoms with Crippen LogP contribution in [0.5, 0.6) is 0 Å². The van der Waals surface area contributed by atoms with Gasteiger partial charge in [-0.2, -0.15) is 13.2 Å². The highest BCUT2D eigenvalue weighted by atomic mass is 19.4. The molecule has 0 aromatic carbocycles. The molecule has 1 nitrogen and oxygen atoms in total. The van der Waals surface area contributed by atoms with Crippen molar-refractivity contribution in [3.63, 3.8) is 0 Å². The van der Waals surface area contributed by atoms with Gasteiger partial charge in [-0.1, -0.05) is 0 Å². The minimum atomic E-state index is -4.15. The zero-order chi connectivity index (χ0) is 9.35. The molecule has 0 N–H and O–H groups in total. The van der Waals surface area contributed by atoms with Crippen molar-refractivity contribution in [1.29, 1.82) is 0 Å². The number of halogens is 3. The molecular formula is C8H10F3N. The first-order chi connectivity index (χ1) is 5.43. The van der Waals surface area contributed by atoms with Crippen LogP contribution < -0.4 is 0 Å². The van der Waals surface area contributed by atoms with Crippen LogP contribution in [0.25, 0.3) is 0 Å². The molecule has 1 heterocycles. The maximum Gasteiger partial charge on any atom is 0.396 e. The molecule has 0 radical (unpaired) electrons. The number of hydrogen-bond donors (Lipinski definition) is 0. The average molecular weight is 177 g/mol. The van der Waals surface area contributed by atoms with Gasteiger partial charge in [0.05, 0.1) is 5.92 Å². The summed E-state index contributed by atoms with van der Waals surface area (Å²) in [5.41, 5.74) is 0.294. The van der Waals surface area contributed by atoms with Gasteiger partial charge in [0, 0.05) is 18.9 Å². The molecule has 1 aromatic rings. The lowest BCUT2D eigenvalue weighted by atomic mass is 10.1. The first kappa shape index (κ1) is 9.16. The zero-order valence-electron chi connectivity index (χ0n) is 6.89. The summed E-state index contributed by atoms with van der Waals surface area (Å²) in [6.45, 7) is 1.16. The van der Waals surface area contributed by atoms with Crippen LogP contribution >= 0.6 is 0 Å². The minimum absolute atomic E-state index is 0.294. The van der Waals surface area contributed by atoms with Crippen molar-refractivity contribution >= 4 is 0 Å². The van der Waals surface area contributed by atoms with Crippen LogP contribution in [0.2, 0.25) is 0 Å². The summed E-state index contributed by atoms with van der Waals surface area (Å²) in [6.07, 6.45) is -2.54. The van der Waals surface area contributed by atoms with E-state index < -0.39 is 12.1 Å². The molecule has 0 saturated heterocycles. The van der Waals surface area contributed by atoms with Gasteiger partial charge in [-0.05, 0) is 19.1 Å². The molecule has 0 aliphatic carbocycles. The summed E-state index contributed by atoms with van der Waals surface area (Å²) < 4.78 is 38.0. The van der Waals surface area contributed by atoms with Crippen molar-refractivity contribution in [2.24, 2.45) is 7.05 Å². The Morgan fingerprint density at radius 2 is 2.00 bits per heavy atom. The van der Waals surface area contributed by atoms with Crippen LogP contribution in [0, 0.1) is 0 Å². The second-order valence-electron chi connectivity index (χ2n) is 2.81. The van der Waals surface area contributed by atoms with Crippen LogP contribution in [0.3, 0.4) is 0 Å². The minimum Gasteiger partial charge on any atom is -0.354 e. The predicted octanol–water partition coefficient (Wildman–Crippen LogP) is 2.69. The van der Waals surface area contributed by atoms with Crippen molar-refractivity contribution in [2.75, 3.05) is 0 Å². The largest absolute Gasteiger partial charge is 0.396 e. The number of alkyl halides is 3. The van der Waals surface area contributed by atoms with Crippen LogP contribution in [0.1, 0.15) is 18.5 Å². The standard InChI is InChI=1S/C8H10F3N/c1-6(8(9,10)11)7-4-3-5-12(7)2/h3-6H,1-2H3. The highest BCUT2D eigenvalue weighted by Crippen LogP contribution is 2.33. The molecule has 1 atom stereocenters. The lowest BCUT2D eigenvalue weighted by Crippen LogP contribution is -2.19. The number of nitrogens with zero attached hydrogens (tertiary/aromatic N) is 1. The second-order valence-corrected chi connectivity index (χ2v) is 2.81. The molecule has 1 unspecified atom stereocenters. The maximum atomic E-state index is 12.2. The van der Waals surface area contributed by atoms with E-state index >= 15 is 0 Å². The van der Waals surface area contributed by atoms with Gasteiger partial charge >= 0.3 is 6.18 Å². The summed E-state index contributed by atoms with van der Waals surface area (Å²) in [5, 5.41) is 0. The van der Waals surface area contributed by atoms with E-state index in [1.165, 1.54) is 10.6 Å². The Morgan fingerprint density at radius 3 is 2.33 bits per heavy atom. The molecule has 12 heavy (non-hydrogen) atoms. The number of aryl methyl sites for hydroxylation is 1. The average Bonchev–Trinajstić information content (AvgIpc) is 2.31. The monoisotopic (exact) mass is 177 g/mol. The molecule has 1 rings (SSSR count). The van der Waals surface area contributed by atoms with E-state index in [2.05, 4.69) is 0 Å². The fourth-order valence-electron chi connectivity index (χ4n) is 1.09. The first-order valence-corrected chi connectivity index (χ1v) is 3.61. The normalized spacial score (nSPS) is 14.8. The molecule has 0 fully saturated rings. The smallest absolute Gasteiger partial charge is 0.354 e.